The molecule has 0 radical (unpaired) electrons. The Morgan fingerprint density at radius 2 is 2.16 bits per heavy atom. The molecule has 1 atom stereocenters. The fourth-order valence-electron chi connectivity index (χ4n) is 1.38. The second kappa shape index (κ2) is 6.84. The van der Waals surface area contributed by atoms with E-state index >= 15 is 0 Å². The standard InChI is InChI=1S/C12H15ClN2O4/c1-3-9(11(16)17)14-12(18)15-10-6-7(19-2)4-5-8(10)13/h4-6,9H,3H2,1-2H3,(H,16,17)(H2,14,15,18)/t9-/m1/s1. The van der Waals surface area contributed by atoms with Crippen molar-refractivity contribution in [3.8, 4) is 5.75 Å². The molecular formula is C12H15ClN2O4. The van der Waals surface area contributed by atoms with Crippen molar-refractivity contribution in [2.75, 3.05) is 12.4 Å². The molecule has 1 rings (SSSR count). The molecule has 0 aromatic heterocycles. The van der Waals surface area contributed by atoms with Gasteiger partial charge < -0.3 is 20.5 Å². The molecule has 0 fully saturated rings. The Labute approximate surface area is 115 Å². The highest BCUT2D eigenvalue weighted by Gasteiger charge is 2.18. The summed E-state index contributed by atoms with van der Waals surface area (Å²) in [5, 5.41) is 14.0. The minimum absolute atomic E-state index is 0.286. The zero-order valence-corrected chi connectivity index (χ0v) is 11.3. The van der Waals surface area contributed by atoms with E-state index in [1.54, 1.807) is 25.1 Å². The molecule has 0 aliphatic rings. The number of hydrogen-bond donors (Lipinski definition) is 3. The summed E-state index contributed by atoms with van der Waals surface area (Å²) in [7, 11) is 1.49. The average Bonchev–Trinajstić information content (AvgIpc) is 2.38. The highest BCUT2D eigenvalue weighted by atomic mass is 35.5. The van der Waals surface area contributed by atoms with Gasteiger partial charge in [0.2, 0.25) is 0 Å². The van der Waals surface area contributed by atoms with Crippen LogP contribution in [-0.2, 0) is 4.79 Å². The average molecular weight is 287 g/mol. The van der Waals surface area contributed by atoms with Gasteiger partial charge in [0.1, 0.15) is 11.8 Å². The van der Waals surface area contributed by atoms with E-state index < -0.39 is 18.0 Å². The van der Waals surface area contributed by atoms with Crippen LogP contribution in [0.4, 0.5) is 10.5 Å². The third-order valence-electron chi connectivity index (χ3n) is 2.43. The number of carboxylic acid groups (broad SMARTS) is 1. The minimum atomic E-state index is -1.09. The molecule has 0 heterocycles. The van der Waals surface area contributed by atoms with E-state index in [1.165, 1.54) is 7.11 Å². The van der Waals surface area contributed by atoms with Crippen molar-refractivity contribution in [3.05, 3.63) is 23.2 Å². The second-order valence-electron chi connectivity index (χ2n) is 3.74. The molecule has 19 heavy (non-hydrogen) atoms. The predicted molar refractivity (Wildman–Crippen MR) is 71.9 cm³/mol. The molecule has 1 aromatic rings. The lowest BCUT2D eigenvalue weighted by molar-refractivity contribution is -0.139. The monoisotopic (exact) mass is 286 g/mol. The Balaban J connectivity index is 2.73. The molecule has 0 aliphatic carbocycles. The van der Waals surface area contributed by atoms with Crippen LogP contribution in [0.1, 0.15) is 13.3 Å². The van der Waals surface area contributed by atoms with Gasteiger partial charge in [-0.05, 0) is 18.6 Å². The maximum absolute atomic E-state index is 11.7. The first-order chi connectivity index (χ1) is 8.97. The fourth-order valence-corrected chi connectivity index (χ4v) is 1.55. The number of methoxy groups -OCH3 is 1. The number of benzene rings is 1. The van der Waals surface area contributed by atoms with Crippen LogP contribution in [0, 0.1) is 0 Å². The highest BCUT2D eigenvalue weighted by Crippen LogP contribution is 2.26. The van der Waals surface area contributed by atoms with E-state index in [-0.39, 0.29) is 6.42 Å². The number of aliphatic carboxylic acids is 1. The van der Waals surface area contributed by atoms with E-state index in [0.717, 1.165) is 0 Å². The largest absolute Gasteiger partial charge is 0.497 e. The van der Waals surface area contributed by atoms with Gasteiger partial charge >= 0.3 is 12.0 Å². The molecule has 0 saturated carbocycles. The van der Waals surface area contributed by atoms with Gasteiger partial charge in [0.15, 0.2) is 0 Å². The second-order valence-corrected chi connectivity index (χ2v) is 4.15. The third kappa shape index (κ3) is 4.33. The number of carbonyl (C=O) groups excluding carboxylic acids is 1. The Kier molecular flexibility index (Phi) is 5.44. The molecular weight excluding hydrogens is 272 g/mol. The number of halogens is 1. The number of ether oxygens (including phenoxy) is 1. The first-order valence-corrected chi connectivity index (χ1v) is 5.99. The zero-order chi connectivity index (χ0) is 14.4. The normalized spacial score (nSPS) is 11.5. The maximum atomic E-state index is 11.7. The van der Waals surface area contributed by atoms with Crippen molar-refractivity contribution in [3.63, 3.8) is 0 Å². The molecule has 6 nitrogen and oxygen atoms in total. The molecule has 1 aromatic carbocycles. The predicted octanol–water partition coefficient (Wildman–Crippen LogP) is 2.33. The Morgan fingerprint density at radius 1 is 1.47 bits per heavy atom. The van der Waals surface area contributed by atoms with Crippen molar-refractivity contribution in [2.45, 2.75) is 19.4 Å². The lowest BCUT2D eigenvalue weighted by Gasteiger charge is -2.14. The van der Waals surface area contributed by atoms with Gasteiger partial charge in [-0.2, -0.15) is 0 Å². The smallest absolute Gasteiger partial charge is 0.326 e. The number of rotatable bonds is 5. The van der Waals surface area contributed by atoms with Gasteiger partial charge in [0.25, 0.3) is 0 Å². The summed E-state index contributed by atoms with van der Waals surface area (Å²) in [6.45, 7) is 1.66. The lowest BCUT2D eigenvalue weighted by atomic mass is 10.2. The van der Waals surface area contributed by atoms with Gasteiger partial charge in [0.05, 0.1) is 17.8 Å². The van der Waals surface area contributed by atoms with Crippen LogP contribution < -0.4 is 15.4 Å². The van der Waals surface area contributed by atoms with Crippen LogP contribution in [0.25, 0.3) is 0 Å². The van der Waals surface area contributed by atoms with E-state index in [4.69, 9.17) is 21.4 Å². The van der Waals surface area contributed by atoms with Gasteiger partial charge in [-0.25, -0.2) is 9.59 Å². The molecule has 0 unspecified atom stereocenters. The number of nitrogens with one attached hydrogen (secondary N) is 2. The van der Waals surface area contributed by atoms with Crippen LogP contribution in [0.5, 0.6) is 5.75 Å². The Morgan fingerprint density at radius 3 is 2.68 bits per heavy atom. The zero-order valence-electron chi connectivity index (χ0n) is 10.6. The number of hydrogen-bond acceptors (Lipinski definition) is 3. The first kappa shape index (κ1) is 15.1. The lowest BCUT2D eigenvalue weighted by Crippen LogP contribution is -2.42. The van der Waals surface area contributed by atoms with E-state index in [0.29, 0.717) is 16.5 Å². The van der Waals surface area contributed by atoms with E-state index in [1.807, 2.05) is 0 Å². The molecule has 2 amide bonds. The Bertz CT molecular complexity index is 479. The summed E-state index contributed by atoms with van der Waals surface area (Å²) >= 11 is 5.92. The van der Waals surface area contributed by atoms with Crippen molar-refractivity contribution < 1.29 is 19.4 Å². The van der Waals surface area contributed by atoms with Crippen LogP contribution in [-0.4, -0.2) is 30.3 Å². The molecule has 3 N–H and O–H groups in total. The number of amides is 2. The quantitative estimate of drug-likeness (QED) is 0.775. The number of carboxylic acids is 1. The first-order valence-electron chi connectivity index (χ1n) is 5.61. The fraction of sp³-hybridized carbons (Fsp3) is 0.333. The van der Waals surface area contributed by atoms with Crippen molar-refractivity contribution >= 4 is 29.3 Å². The highest BCUT2D eigenvalue weighted by molar-refractivity contribution is 6.33. The summed E-state index contributed by atoms with van der Waals surface area (Å²) in [4.78, 5) is 22.5. The van der Waals surface area contributed by atoms with Crippen molar-refractivity contribution in [1.29, 1.82) is 0 Å². The SMILES string of the molecule is CC[C@@H](NC(=O)Nc1cc(OC)ccc1Cl)C(=O)O. The summed E-state index contributed by atoms with van der Waals surface area (Å²) in [6, 6.07) is 3.19. The number of anilines is 1. The molecule has 0 saturated heterocycles. The molecule has 7 heteroatoms. The minimum Gasteiger partial charge on any atom is -0.497 e. The van der Waals surface area contributed by atoms with E-state index in [2.05, 4.69) is 10.6 Å². The number of urea groups is 1. The third-order valence-corrected chi connectivity index (χ3v) is 2.76. The summed E-state index contributed by atoms with van der Waals surface area (Å²) in [5.74, 6) is -0.556. The summed E-state index contributed by atoms with van der Waals surface area (Å²) < 4.78 is 5.01. The van der Waals surface area contributed by atoms with Crippen LogP contribution in [0.3, 0.4) is 0 Å². The Hall–Kier alpha value is -1.95. The van der Waals surface area contributed by atoms with E-state index in [9.17, 15) is 9.59 Å². The van der Waals surface area contributed by atoms with Crippen molar-refractivity contribution in [2.24, 2.45) is 0 Å². The molecule has 0 bridgehead atoms. The molecule has 0 spiro atoms. The molecule has 104 valence electrons. The van der Waals surface area contributed by atoms with Crippen molar-refractivity contribution in [1.82, 2.24) is 5.32 Å². The number of carbonyl (C=O) groups is 2. The topological polar surface area (TPSA) is 87.7 Å². The van der Waals surface area contributed by atoms with Gasteiger partial charge in [-0.1, -0.05) is 18.5 Å². The maximum Gasteiger partial charge on any atom is 0.326 e. The van der Waals surface area contributed by atoms with Crippen LogP contribution >= 0.6 is 11.6 Å². The van der Waals surface area contributed by atoms with Gasteiger partial charge in [-0.3, -0.25) is 0 Å². The summed E-state index contributed by atoms with van der Waals surface area (Å²) in [5.41, 5.74) is 0.346. The summed E-state index contributed by atoms with van der Waals surface area (Å²) in [6.07, 6.45) is 0.286. The molecule has 0 aliphatic heterocycles. The van der Waals surface area contributed by atoms with Crippen LogP contribution in [0.15, 0.2) is 18.2 Å². The van der Waals surface area contributed by atoms with Gasteiger partial charge in [0, 0.05) is 6.07 Å². The van der Waals surface area contributed by atoms with Gasteiger partial charge in [-0.15, -0.1) is 0 Å². The van der Waals surface area contributed by atoms with Crippen LogP contribution in [0.2, 0.25) is 5.02 Å².